The second-order valence-electron chi connectivity index (χ2n) is 5.67. The Bertz CT molecular complexity index is 675. The molecule has 0 atom stereocenters. The van der Waals surface area contributed by atoms with Gasteiger partial charge in [-0.05, 0) is 38.3 Å². The summed E-state index contributed by atoms with van der Waals surface area (Å²) in [6.45, 7) is 4.71. The van der Waals surface area contributed by atoms with Crippen molar-refractivity contribution in [1.82, 2.24) is 9.78 Å². The molecule has 1 aliphatic rings. The van der Waals surface area contributed by atoms with Crippen LogP contribution in [0.2, 0.25) is 0 Å². The number of aryl methyl sites for hydroxylation is 1. The lowest BCUT2D eigenvalue weighted by molar-refractivity contribution is 0.0986. The van der Waals surface area contributed by atoms with E-state index in [9.17, 15) is 4.79 Å². The molecule has 3 rings (SSSR count). The molecule has 1 aliphatic heterocycles. The highest BCUT2D eigenvalue weighted by atomic mass is 16.2. The third-order valence-electron chi connectivity index (χ3n) is 3.91. The fourth-order valence-corrected chi connectivity index (χ4v) is 2.84. The monoisotopic (exact) mass is 284 g/mol. The third kappa shape index (κ3) is 2.28. The Morgan fingerprint density at radius 3 is 2.81 bits per heavy atom. The number of aromatic nitrogens is 2. The molecule has 5 nitrogen and oxygen atoms in total. The molecule has 0 spiro atoms. The van der Waals surface area contributed by atoms with E-state index in [1.165, 1.54) is 5.56 Å². The van der Waals surface area contributed by atoms with Crippen LogP contribution in [0.5, 0.6) is 0 Å². The number of para-hydroxylation sites is 1. The highest BCUT2D eigenvalue weighted by molar-refractivity contribution is 6.09. The number of nitrogen functional groups attached to an aromatic ring is 1. The van der Waals surface area contributed by atoms with Gasteiger partial charge in [0, 0.05) is 18.3 Å². The maximum atomic E-state index is 12.8. The van der Waals surface area contributed by atoms with Gasteiger partial charge in [0.15, 0.2) is 0 Å². The molecular formula is C16H20N4O. The second kappa shape index (κ2) is 5.24. The van der Waals surface area contributed by atoms with E-state index in [1.54, 1.807) is 10.9 Å². The Hall–Kier alpha value is -2.30. The Labute approximate surface area is 124 Å². The smallest absolute Gasteiger partial charge is 0.263 e. The van der Waals surface area contributed by atoms with E-state index in [-0.39, 0.29) is 11.9 Å². The van der Waals surface area contributed by atoms with Gasteiger partial charge < -0.3 is 10.6 Å². The Morgan fingerprint density at radius 1 is 1.33 bits per heavy atom. The zero-order valence-corrected chi connectivity index (χ0v) is 12.4. The number of nitrogens with zero attached hydrogens (tertiary/aromatic N) is 3. The molecule has 0 saturated carbocycles. The van der Waals surface area contributed by atoms with Gasteiger partial charge in [-0.1, -0.05) is 18.2 Å². The number of rotatable bonds is 2. The minimum atomic E-state index is -0.0634. The van der Waals surface area contributed by atoms with Gasteiger partial charge in [-0.25, -0.2) is 4.68 Å². The average molecular weight is 284 g/mol. The van der Waals surface area contributed by atoms with Crippen molar-refractivity contribution in [2.75, 3.05) is 17.2 Å². The van der Waals surface area contributed by atoms with Crippen molar-refractivity contribution in [2.24, 2.45) is 0 Å². The molecule has 1 aromatic heterocycles. The van der Waals surface area contributed by atoms with Crippen LogP contribution in [0.1, 0.15) is 42.2 Å². The molecule has 110 valence electrons. The number of carbonyl (C=O) groups excluding carboxylic acids is 1. The molecular weight excluding hydrogens is 264 g/mol. The Kier molecular flexibility index (Phi) is 3.41. The van der Waals surface area contributed by atoms with E-state index in [1.807, 2.05) is 36.9 Å². The summed E-state index contributed by atoms with van der Waals surface area (Å²) in [6.07, 6.45) is 3.57. The van der Waals surface area contributed by atoms with Crippen LogP contribution in [-0.2, 0) is 6.42 Å². The highest BCUT2D eigenvalue weighted by Crippen LogP contribution is 2.29. The average Bonchev–Trinajstić information content (AvgIpc) is 2.88. The normalized spacial score (nSPS) is 14.3. The van der Waals surface area contributed by atoms with Crippen LogP contribution in [0.3, 0.4) is 0 Å². The summed E-state index contributed by atoms with van der Waals surface area (Å²) in [6, 6.07) is 8.19. The lowest BCUT2D eigenvalue weighted by Gasteiger charge is -2.29. The largest absolute Gasteiger partial charge is 0.383 e. The van der Waals surface area contributed by atoms with Gasteiger partial charge in [0.25, 0.3) is 5.91 Å². The number of hydrogen-bond acceptors (Lipinski definition) is 3. The third-order valence-corrected chi connectivity index (χ3v) is 3.91. The molecule has 0 saturated heterocycles. The number of hydrogen-bond donors (Lipinski definition) is 1. The summed E-state index contributed by atoms with van der Waals surface area (Å²) in [5.41, 5.74) is 8.78. The van der Waals surface area contributed by atoms with Crippen molar-refractivity contribution in [3.8, 4) is 0 Å². The van der Waals surface area contributed by atoms with Crippen molar-refractivity contribution >= 4 is 17.4 Å². The van der Waals surface area contributed by atoms with E-state index in [4.69, 9.17) is 5.73 Å². The molecule has 0 bridgehead atoms. The molecule has 21 heavy (non-hydrogen) atoms. The van der Waals surface area contributed by atoms with Crippen LogP contribution in [-0.4, -0.2) is 22.2 Å². The molecule has 1 aromatic carbocycles. The van der Waals surface area contributed by atoms with Crippen LogP contribution < -0.4 is 10.6 Å². The summed E-state index contributed by atoms with van der Waals surface area (Å²) in [4.78, 5) is 14.6. The first-order chi connectivity index (χ1) is 10.1. The van der Waals surface area contributed by atoms with E-state index < -0.39 is 0 Å². The Balaban J connectivity index is 1.97. The molecule has 5 heteroatoms. The van der Waals surface area contributed by atoms with Gasteiger partial charge in [-0.3, -0.25) is 4.79 Å². The van der Waals surface area contributed by atoms with Gasteiger partial charge in [-0.15, -0.1) is 0 Å². The van der Waals surface area contributed by atoms with E-state index in [0.717, 1.165) is 25.1 Å². The maximum Gasteiger partial charge on any atom is 0.263 e. The molecule has 2 aromatic rings. The lowest BCUT2D eigenvalue weighted by atomic mass is 10.0. The molecule has 1 amide bonds. The highest BCUT2D eigenvalue weighted by Gasteiger charge is 2.26. The van der Waals surface area contributed by atoms with Crippen LogP contribution in [0.25, 0.3) is 0 Å². The van der Waals surface area contributed by atoms with Gasteiger partial charge in [0.1, 0.15) is 11.4 Å². The summed E-state index contributed by atoms with van der Waals surface area (Å²) in [7, 11) is 0. The molecule has 0 fully saturated rings. The van der Waals surface area contributed by atoms with Crippen LogP contribution in [0, 0.1) is 0 Å². The maximum absolute atomic E-state index is 12.8. The number of carbonyl (C=O) groups is 1. The van der Waals surface area contributed by atoms with Crippen LogP contribution in [0.4, 0.5) is 11.5 Å². The van der Waals surface area contributed by atoms with Crippen molar-refractivity contribution in [3.05, 3.63) is 41.6 Å². The molecule has 0 aliphatic carbocycles. The van der Waals surface area contributed by atoms with Crippen molar-refractivity contribution in [1.29, 1.82) is 0 Å². The van der Waals surface area contributed by atoms with Crippen molar-refractivity contribution in [3.63, 3.8) is 0 Å². The zero-order chi connectivity index (χ0) is 15.0. The number of amides is 1. The van der Waals surface area contributed by atoms with E-state index in [2.05, 4.69) is 11.2 Å². The number of fused-ring (bicyclic) bond motifs is 1. The lowest BCUT2D eigenvalue weighted by Crippen LogP contribution is -2.35. The van der Waals surface area contributed by atoms with E-state index in [0.29, 0.717) is 11.4 Å². The standard InChI is InChI=1S/C16H20N4O/c1-11(2)20-15(17)13(10-18-20)16(21)19-9-5-7-12-6-3-4-8-14(12)19/h3-4,6,8,10-11H,5,7,9,17H2,1-2H3. The molecule has 0 unspecified atom stereocenters. The van der Waals surface area contributed by atoms with Crippen LogP contribution >= 0.6 is 0 Å². The minimum Gasteiger partial charge on any atom is -0.383 e. The first-order valence-electron chi connectivity index (χ1n) is 7.32. The summed E-state index contributed by atoms with van der Waals surface area (Å²) < 4.78 is 1.68. The first-order valence-corrected chi connectivity index (χ1v) is 7.32. The predicted octanol–water partition coefficient (Wildman–Crippen LogP) is 2.64. The number of benzene rings is 1. The first kappa shape index (κ1) is 13.7. The Morgan fingerprint density at radius 2 is 2.10 bits per heavy atom. The van der Waals surface area contributed by atoms with Gasteiger partial charge >= 0.3 is 0 Å². The van der Waals surface area contributed by atoms with Crippen molar-refractivity contribution < 1.29 is 4.79 Å². The SMILES string of the molecule is CC(C)n1ncc(C(=O)N2CCCc3ccccc32)c1N. The quantitative estimate of drug-likeness (QED) is 0.922. The van der Waals surface area contributed by atoms with Crippen LogP contribution in [0.15, 0.2) is 30.5 Å². The predicted molar refractivity (Wildman–Crippen MR) is 83.5 cm³/mol. The van der Waals surface area contributed by atoms with Gasteiger partial charge in [0.2, 0.25) is 0 Å². The molecule has 2 N–H and O–H groups in total. The molecule has 0 radical (unpaired) electrons. The summed E-state index contributed by atoms with van der Waals surface area (Å²) >= 11 is 0. The van der Waals surface area contributed by atoms with E-state index >= 15 is 0 Å². The minimum absolute atomic E-state index is 0.0634. The summed E-state index contributed by atoms with van der Waals surface area (Å²) in [5, 5.41) is 4.23. The number of nitrogens with two attached hydrogens (primary N) is 1. The fraction of sp³-hybridized carbons (Fsp3) is 0.375. The summed E-state index contributed by atoms with van der Waals surface area (Å²) in [5.74, 6) is 0.379. The fourth-order valence-electron chi connectivity index (χ4n) is 2.84. The number of anilines is 2. The van der Waals surface area contributed by atoms with Crippen molar-refractivity contribution in [2.45, 2.75) is 32.7 Å². The second-order valence-corrected chi connectivity index (χ2v) is 5.67. The zero-order valence-electron chi connectivity index (χ0n) is 12.4. The van der Waals surface area contributed by atoms with Gasteiger partial charge in [-0.2, -0.15) is 5.10 Å². The molecule has 2 heterocycles. The topological polar surface area (TPSA) is 64.2 Å². The van der Waals surface area contributed by atoms with Gasteiger partial charge in [0.05, 0.1) is 6.20 Å².